The highest BCUT2D eigenvalue weighted by atomic mass is 16.5. The van der Waals surface area contributed by atoms with Gasteiger partial charge in [-0.25, -0.2) is 0 Å². The smallest absolute Gasteiger partial charge is 0.311 e. The number of ether oxygens (including phenoxy) is 4. The average Bonchev–Trinajstić information content (AvgIpc) is 3.99. The highest BCUT2D eigenvalue weighted by Crippen LogP contribution is 2.58. The Morgan fingerprint density at radius 1 is 0.567 bits per heavy atom. The predicted molar refractivity (Wildman–Crippen MR) is 234 cm³/mol. The van der Waals surface area contributed by atoms with Crippen molar-refractivity contribution in [1.82, 2.24) is 9.80 Å². The van der Waals surface area contributed by atoms with Gasteiger partial charge in [-0.05, 0) is 161 Å². The van der Waals surface area contributed by atoms with E-state index >= 15 is 0 Å². The molecule has 8 heteroatoms. The SMILES string of the molecule is O=C(CCCCCCCCC(=O)Oc1ccc2c(c1)[C@]13CCCC[C@H]1[C@H](C2)N(C[C@@H]1CCCO1)CC3)Oc1ccc2c(c1)[C@]13CCCC[C@H]1[C@H](C2)N(C[C@@H]1CCCO1)CC3. The van der Waals surface area contributed by atoms with E-state index in [1.54, 1.807) is 0 Å². The molecule has 0 aromatic heterocycles. The summed E-state index contributed by atoms with van der Waals surface area (Å²) >= 11 is 0. The number of carbonyl (C=O) groups is 2. The van der Waals surface area contributed by atoms with Gasteiger partial charge in [0.15, 0.2) is 0 Å². The summed E-state index contributed by atoms with van der Waals surface area (Å²) in [6, 6.07) is 14.4. The molecule has 0 N–H and O–H groups in total. The number of nitrogens with zero attached hydrogens (tertiary/aromatic N) is 2. The minimum Gasteiger partial charge on any atom is -0.427 e. The minimum atomic E-state index is -0.115. The van der Waals surface area contributed by atoms with E-state index in [9.17, 15) is 9.59 Å². The van der Waals surface area contributed by atoms with E-state index in [2.05, 4.69) is 34.1 Å². The molecule has 60 heavy (non-hydrogen) atoms. The Labute approximate surface area is 359 Å². The fraction of sp³-hybridized carbons (Fsp3) is 0.731. The lowest BCUT2D eigenvalue weighted by Crippen LogP contribution is -2.61. The number of hydrogen-bond acceptors (Lipinski definition) is 8. The van der Waals surface area contributed by atoms with Crippen molar-refractivity contribution in [2.75, 3.05) is 39.4 Å². The molecule has 326 valence electrons. The van der Waals surface area contributed by atoms with Gasteiger partial charge >= 0.3 is 11.9 Å². The zero-order valence-electron chi connectivity index (χ0n) is 36.5. The van der Waals surface area contributed by atoms with E-state index in [1.807, 2.05) is 12.1 Å². The summed E-state index contributed by atoms with van der Waals surface area (Å²) in [4.78, 5) is 31.6. The topological polar surface area (TPSA) is 77.5 Å². The molecule has 0 spiro atoms. The highest BCUT2D eigenvalue weighted by molar-refractivity contribution is 5.73. The van der Waals surface area contributed by atoms with E-state index in [-0.39, 0.29) is 22.8 Å². The molecular formula is C52H72N2O6. The second kappa shape index (κ2) is 18.1. The summed E-state index contributed by atoms with van der Waals surface area (Å²) in [5, 5.41) is 0. The molecule has 6 fully saturated rings. The summed E-state index contributed by atoms with van der Waals surface area (Å²) in [6.07, 6.45) is 27.4. The van der Waals surface area contributed by atoms with Gasteiger partial charge in [-0.2, -0.15) is 0 Å². The number of fused-ring (bicyclic) bond motifs is 2. The van der Waals surface area contributed by atoms with Crippen LogP contribution in [0.2, 0.25) is 0 Å². The van der Waals surface area contributed by atoms with Crippen LogP contribution in [0, 0.1) is 11.8 Å². The molecule has 4 saturated heterocycles. The van der Waals surface area contributed by atoms with Gasteiger partial charge in [-0.3, -0.25) is 19.4 Å². The molecule has 0 amide bonds. The number of benzene rings is 2. The standard InChI is InChI=1S/C52H72N2O6/c55-49(59-39-21-19-37-31-47-43-15-7-9-23-51(43,45(37)33-39)25-27-53(47)35-41-13-11-29-57-41)17-5-3-1-2-4-6-18-50(56)60-40-22-20-38-32-48-44-16-8-10-24-52(44,46(38)34-40)26-28-54(48)36-42-14-12-30-58-42/h19-22,33-34,41-44,47-48H,1-18,23-32,35-36H2/t41-,42-,43-,44-,47-,48-,51-,52-/m0/s1. The molecule has 2 saturated carbocycles. The maximum Gasteiger partial charge on any atom is 0.311 e. The molecule has 4 heterocycles. The lowest BCUT2D eigenvalue weighted by Gasteiger charge is -2.59. The van der Waals surface area contributed by atoms with Crippen molar-refractivity contribution in [3.8, 4) is 11.5 Å². The summed E-state index contributed by atoms with van der Waals surface area (Å²) in [5.41, 5.74) is 6.37. The van der Waals surface area contributed by atoms with E-state index < -0.39 is 0 Å². The average molecular weight is 821 g/mol. The fourth-order valence-corrected chi connectivity index (χ4v) is 14.4. The van der Waals surface area contributed by atoms with Crippen molar-refractivity contribution in [2.24, 2.45) is 11.8 Å². The van der Waals surface area contributed by atoms with Crippen molar-refractivity contribution in [3.05, 3.63) is 58.7 Å². The van der Waals surface area contributed by atoms with E-state index in [4.69, 9.17) is 18.9 Å². The first-order chi connectivity index (χ1) is 29.5. The van der Waals surface area contributed by atoms with Gasteiger partial charge in [-0.15, -0.1) is 0 Å². The summed E-state index contributed by atoms with van der Waals surface area (Å²) in [7, 11) is 0. The zero-order valence-corrected chi connectivity index (χ0v) is 36.5. The van der Waals surface area contributed by atoms with Crippen molar-refractivity contribution in [2.45, 2.75) is 189 Å². The van der Waals surface area contributed by atoms with Crippen LogP contribution in [0.3, 0.4) is 0 Å². The highest BCUT2D eigenvalue weighted by Gasteiger charge is 2.55. The molecule has 4 aliphatic carbocycles. The predicted octanol–water partition coefficient (Wildman–Crippen LogP) is 9.79. The third-order valence-corrected chi connectivity index (χ3v) is 17.2. The molecule has 8 nitrogen and oxygen atoms in total. The third kappa shape index (κ3) is 8.26. The van der Waals surface area contributed by atoms with Crippen LogP contribution in [0.1, 0.15) is 164 Å². The van der Waals surface area contributed by atoms with Gasteiger partial charge in [0, 0.05) is 62.1 Å². The molecule has 8 atom stereocenters. The molecule has 2 aromatic rings. The molecule has 2 aromatic carbocycles. The molecule has 10 rings (SSSR count). The Morgan fingerprint density at radius 2 is 1.03 bits per heavy atom. The first kappa shape index (κ1) is 41.2. The van der Waals surface area contributed by atoms with Gasteiger partial charge in [-0.1, -0.05) is 63.5 Å². The molecule has 8 aliphatic rings. The molecule has 0 radical (unpaired) electrons. The van der Waals surface area contributed by atoms with E-state index in [1.165, 1.54) is 112 Å². The fourth-order valence-electron chi connectivity index (χ4n) is 14.4. The number of carbonyl (C=O) groups excluding carboxylic acids is 2. The molecule has 4 aliphatic heterocycles. The minimum absolute atomic E-state index is 0.115. The van der Waals surface area contributed by atoms with Crippen LogP contribution in [-0.4, -0.2) is 85.4 Å². The van der Waals surface area contributed by atoms with E-state index in [0.717, 1.165) is 102 Å². The largest absolute Gasteiger partial charge is 0.427 e. The summed E-state index contributed by atoms with van der Waals surface area (Å²) in [6.45, 7) is 6.34. The van der Waals surface area contributed by atoms with Crippen LogP contribution in [-0.2, 0) is 42.7 Å². The lowest BCUT2D eigenvalue weighted by molar-refractivity contribution is -0.135. The zero-order chi connectivity index (χ0) is 40.5. The van der Waals surface area contributed by atoms with Gasteiger partial charge in [0.05, 0.1) is 12.2 Å². The van der Waals surface area contributed by atoms with Crippen LogP contribution < -0.4 is 9.47 Å². The van der Waals surface area contributed by atoms with Crippen molar-refractivity contribution in [3.63, 3.8) is 0 Å². The summed E-state index contributed by atoms with van der Waals surface area (Å²) < 4.78 is 24.1. The van der Waals surface area contributed by atoms with Gasteiger partial charge in [0.25, 0.3) is 0 Å². The van der Waals surface area contributed by atoms with Crippen molar-refractivity contribution in [1.29, 1.82) is 0 Å². The van der Waals surface area contributed by atoms with E-state index in [0.29, 0.717) is 49.0 Å². The van der Waals surface area contributed by atoms with Crippen LogP contribution in [0.4, 0.5) is 0 Å². The second-order valence-electron chi connectivity index (χ2n) is 20.5. The quantitative estimate of drug-likeness (QED) is 0.1000. The maximum absolute atomic E-state index is 13.0. The van der Waals surface area contributed by atoms with Crippen LogP contribution in [0.5, 0.6) is 11.5 Å². The number of piperidine rings is 2. The number of likely N-dealkylation sites (tertiary alicyclic amines) is 2. The number of rotatable bonds is 15. The molecular weight excluding hydrogens is 749 g/mol. The van der Waals surface area contributed by atoms with Crippen LogP contribution in [0.25, 0.3) is 0 Å². The van der Waals surface area contributed by atoms with Crippen molar-refractivity contribution < 1.29 is 28.5 Å². The Balaban J connectivity index is 0.649. The normalized spacial score (nSPS) is 33.3. The Morgan fingerprint density at radius 3 is 1.48 bits per heavy atom. The number of hydrogen-bond donors (Lipinski definition) is 0. The molecule has 0 unspecified atom stereocenters. The van der Waals surface area contributed by atoms with Gasteiger partial charge in [0.1, 0.15) is 11.5 Å². The van der Waals surface area contributed by atoms with Gasteiger partial charge < -0.3 is 18.9 Å². The first-order valence-electron chi connectivity index (χ1n) is 24.9. The third-order valence-electron chi connectivity index (χ3n) is 17.2. The Bertz CT molecular complexity index is 1700. The monoisotopic (exact) mass is 821 g/mol. The Kier molecular flexibility index (Phi) is 12.5. The maximum atomic E-state index is 13.0. The number of esters is 2. The van der Waals surface area contributed by atoms with Crippen LogP contribution in [0.15, 0.2) is 36.4 Å². The van der Waals surface area contributed by atoms with Crippen molar-refractivity contribution >= 4 is 11.9 Å². The first-order valence-corrected chi connectivity index (χ1v) is 24.9. The van der Waals surface area contributed by atoms with Crippen LogP contribution >= 0.6 is 0 Å². The van der Waals surface area contributed by atoms with Gasteiger partial charge in [0.2, 0.25) is 0 Å². The molecule has 4 bridgehead atoms. The summed E-state index contributed by atoms with van der Waals surface area (Å²) in [5.74, 6) is 2.62. The lowest BCUT2D eigenvalue weighted by atomic mass is 9.52. The second-order valence-corrected chi connectivity index (χ2v) is 20.5. The Hall–Kier alpha value is -2.78. The number of unbranched alkanes of at least 4 members (excludes halogenated alkanes) is 5.